The Hall–Kier alpha value is -2.85. The van der Waals surface area contributed by atoms with Crippen molar-refractivity contribution in [3.63, 3.8) is 0 Å². The van der Waals surface area contributed by atoms with E-state index in [0.29, 0.717) is 11.4 Å². The second kappa shape index (κ2) is 5.41. The van der Waals surface area contributed by atoms with Crippen LogP contribution in [0, 0.1) is 17.1 Å². The average molecular weight is 330 g/mol. The zero-order valence-corrected chi connectivity index (χ0v) is 12.8. The van der Waals surface area contributed by atoms with E-state index in [1.807, 2.05) is 0 Å². The van der Waals surface area contributed by atoms with Crippen molar-refractivity contribution in [2.75, 3.05) is 12.0 Å². The predicted molar refractivity (Wildman–Crippen MR) is 82.4 cm³/mol. The highest BCUT2D eigenvalue weighted by Gasteiger charge is 2.32. The molecule has 1 heterocycles. The minimum absolute atomic E-state index is 0.229. The number of benzene rings is 2. The van der Waals surface area contributed by atoms with Gasteiger partial charge in [0.05, 0.1) is 17.7 Å². The molecule has 2 aromatic carbocycles. The van der Waals surface area contributed by atoms with E-state index >= 15 is 0 Å². The van der Waals surface area contributed by atoms with Crippen LogP contribution in [0.4, 0.5) is 15.8 Å². The number of hydrogen-bond acceptors (Lipinski definition) is 5. The SMILES string of the molecule is COc1ccc(N2C=C(C#N)S(=O)(=O)c3cc(F)ccc32)cc1. The van der Waals surface area contributed by atoms with Gasteiger partial charge in [-0.25, -0.2) is 12.8 Å². The average Bonchev–Trinajstić information content (AvgIpc) is 2.56. The van der Waals surface area contributed by atoms with Crippen LogP contribution in [0.25, 0.3) is 0 Å². The Labute approximate surface area is 132 Å². The molecule has 0 atom stereocenters. The highest BCUT2D eigenvalue weighted by Crippen LogP contribution is 2.39. The van der Waals surface area contributed by atoms with Crippen molar-refractivity contribution in [2.24, 2.45) is 0 Å². The number of ether oxygens (including phenoxy) is 1. The van der Waals surface area contributed by atoms with E-state index in [-0.39, 0.29) is 10.6 Å². The third-order valence-electron chi connectivity index (χ3n) is 3.47. The van der Waals surface area contributed by atoms with Crippen molar-refractivity contribution in [1.82, 2.24) is 0 Å². The van der Waals surface area contributed by atoms with Crippen molar-refractivity contribution >= 4 is 21.2 Å². The molecule has 1 aliphatic rings. The maximum Gasteiger partial charge on any atom is 0.220 e. The Morgan fingerprint density at radius 1 is 1.17 bits per heavy atom. The summed E-state index contributed by atoms with van der Waals surface area (Å²) in [6, 6.07) is 12.0. The molecule has 2 aromatic rings. The topological polar surface area (TPSA) is 70.4 Å². The Balaban J connectivity index is 2.23. The van der Waals surface area contributed by atoms with Gasteiger partial charge in [0.15, 0.2) is 4.91 Å². The maximum atomic E-state index is 13.5. The lowest BCUT2D eigenvalue weighted by Gasteiger charge is -2.27. The van der Waals surface area contributed by atoms with Gasteiger partial charge in [-0.15, -0.1) is 0 Å². The fourth-order valence-corrected chi connectivity index (χ4v) is 3.63. The highest BCUT2D eigenvalue weighted by molar-refractivity contribution is 7.95. The van der Waals surface area contributed by atoms with E-state index in [1.165, 1.54) is 30.3 Å². The van der Waals surface area contributed by atoms with Crippen LogP contribution in [0.5, 0.6) is 5.75 Å². The molecule has 0 bridgehead atoms. The van der Waals surface area contributed by atoms with Gasteiger partial charge in [-0.2, -0.15) is 5.26 Å². The second-order valence-corrected chi connectivity index (χ2v) is 6.68. The fraction of sp³-hybridized carbons (Fsp3) is 0.0625. The molecule has 23 heavy (non-hydrogen) atoms. The number of hydrogen-bond donors (Lipinski definition) is 0. The van der Waals surface area contributed by atoms with Gasteiger partial charge >= 0.3 is 0 Å². The normalized spacial score (nSPS) is 15.3. The quantitative estimate of drug-likeness (QED) is 0.846. The number of halogens is 1. The number of fused-ring (bicyclic) bond motifs is 1. The van der Waals surface area contributed by atoms with E-state index in [4.69, 9.17) is 10.00 Å². The first-order valence-corrected chi connectivity index (χ1v) is 8.05. The Morgan fingerprint density at radius 2 is 1.87 bits per heavy atom. The van der Waals surface area contributed by atoms with Crippen LogP contribution in [0.15, 0.2) is 58.5 Å². The number of rotatable bonds is 2. The summed E-state index contributed by atoms with van der Waals surface area (Å²) in [5.74, 6) is -0.0385. The second-order valence-electron chi connectivity index (χ2n) is 4.79. The van der Waals surface area contributed by atoms with Gasteiger partial charge < -0.3 is 9.64 Å². The molecule has 0 aliphatic carbocycles. The van der Waals surface area contributed by atoms with Crippen LogP contribution >= 0.6 is 0 Å². The van der Waals surface area contributed by atoms with Crippen LogP contribution < -0.4 is 9.64 Å². The number of anilines is 2. The van der Waals surface area contributed by atoms with Crippen LogP contribution in [-0.4, -0.2) is 15.5 Å². The summed E-state index contributed by atoms with van der Waals surface area (Å²) in [5.41, 5.74) is 0.914. The van der Waals surface area contributed by atoms with Crippen LogP contribution in [0.3, 0.4) is 0 Å². The third kappa shape index (κ3) is 2.43. The molecule has 0 saturated carbocycles. The van der Waals surface area contributed by atoms with Crippen LogP contribution in [-0.2, 0) is 9.84 Å². The molecule has 0 fully saturated rings. The summed E-state index contributed by atoms with van der Waals surface area (Å²) >= 11 is 0. The number of sulfone groups is 1. The van der Waals surface area contributed by atoms with Crippen molar-refractivity contribution in [3.05, 3.63) is 59.4 Å². The number of nitrogens with zero attached hydrogens (tertiary/aromatic N) is 2. The van der Waals surface area contributed by atoms with E-state index in [1.54, 1.807) is 30.3 Å². The highest BCUT2D eigenvalue weighted by atomic mass is 32.2. The Kier molecular flexibility index (Phi) is 3.54. The van der Waals surface area contributed by atoms with E-state index < -0.39 is 20.6 Å². The van der Waals surface area contributed by atoms with Gasteiger partial charge in [-0.1, -0.05) is 0 Å². The van der Waals surface area contributed by atoms with Gasteiger partial charge in [0.2, 0.25) is 9.84 Å². The predicted octanol–water partition coefficient (Wildman–Crippen LogP) is 3.12. The summed E-state index contributed by atoms with van der Waals surface area (Å²) in [5, 5.41) is 9.13. The molecule has 0 aromatic heterocycles. The lowest BCUT2D eigenvalue weighted by Crippen LogP contribution is -2.21. The molecular formula is C16H11FN2O3S. The first-order valence-electron chi connectivity index (χ1n) is 6.57. The minimum Gasteiger partial charge on any atom is -0.497 e. The van der Waals surface area contributed by atoms with Gasteiger partial charge in [-0.3, -0.25) is 0 Å². The summed E-state index contributed by atoms with van der Waals surface area (Å²) in [6.07, 6.45) is 1.23. The van der Waals surface area contributed by atoms with E-state index in [0.717, 1.165) is 6.07 Å². The molecule has 0 spiro atoms. The van der Waals surface area contributed by atoms with Crippen molar-refractivity contribution in [3.8, 4) is 11.8 Å². The minimum atomic E-state index is -4.02. The summed E-state index contributed by atoms with van der Waals surface area (Å²) in [7, 11) is -2.48. The zero-order chi connectivity index (χ0) is 16.6. The van der Waals surface area contributed by atoms with Gasteiger partial charge in [0.1, 0.15) is 17.6 Å². The van der Waals surface area contributed by atoms with Crippen molar-refractivity contribution < 1.29 is 17.5 Å². The lowest BCUT2D eigenvalue weighted by molar-refractivity contribution is 0.415. The zero-order valence-electron chi connectivity index (χ0n) is 12.0. The smallest absolute Gasteiger partial charge is 0.220 e. The molecule has 0 unspecified atom stereocenters. The summed E-state index contributed by atoms with van der Waals surface area (Å²) in [6.45, 7) is 0. The molecular weight excluding hydrogens is 319 g/mol. The molecule has 0 amide bonds. The first-order chi connectivity index (χ1) is 11.0. The van der Waals surface area contributed by atoms with Crippen LogP contribution in [0.2, 0.25) is 0 Å². The van der Waals surface area contributed by atoms with E-state index in [2.05, 4.69) is 0 Å². The molecule has 1 aliphatic heterocycles. The van der Waals surface area contributed by atoms with E-state index in [9.17, 15) is 12.8 Å². The molecule has 0 radical (unpaired) electrons. The standard InChI is InChI=1S/C16H11FN2O3S/c1-22-13-5-3-12(4-6-13)19-10-14(9-18)23(20,21)16-8-11(17)2-7-15(16)19/h2-8,10H,1H3. The number of methoxy groups -OCH3 is 1. The van der Waals surface area contributed by atoms with Crippen LogP contribution in [0.1, 0.15) is 0 Å². The number of nitriles is 1. The first kappa shape index (κ1) is 15.1. The number of allylic oxidation sites excluding steroid dienone is 1. The lowest BCUT2D eigenvalue weighted by atomic mass is 10.2. The van der Waals surface area contributed by atoms with Gasteiger partial charge in [0.25, 0.3) is 0 Å². The molecule has 0 N–H and O–H groups in total. The summed E-state index contributed by atoms with van der Waals surface area (Å²) < 4.78 is 43.3. The molecule has 116 valence electrons. The van der Waals surface area contributed by atoms with Gasteiger partial charge in [0, 0.05) is 11.9 Å². The monoisotopic (exact) mass is 330 g/mol. The fourth-order valence-electron chi connectivity index (χ4n) is 2.32. The maximum absolute atomic E-state index is 13.5. The molecule has 5 nitrogen and oxygen atoms in total. The molecule has 3 rings (SSSR count). The molecule has 7 heteroatoms. The Bertz CT molecular complexity index is 944. The molecule has 0 saturated heterocycles. The largest absolute Gasteiger partial charge is 0.497 e. The Morgan fingerprint density at radius 3 is 2.48 bits per heavy atom. The van der Waals surface area contributed by atoms with Crippen molar-refractivity contribution in [2.45, 2.75) is 4.90 Å². The van der Waals surface area contributed by atoms with Gasteiger partial charge in [-0.05, 0) is 42.5 Å². The van der Waals surface area contributed by atoms with Crippen molar-refractivity contribution in [1.29, 1.82) is 5.26 Å². The summed E-state index contributed by atoms with van der Waals surface area (Å²) in [4.78, 5) is 0.868. The third-order valence-corrected chi connectivity index (χ3v) is 5.15.